The molecule has 9 nitrogen and oxygen atoms in total. The van der Waals surface area contributed by atoms with E-state index in [1.54, 1.807) is 24.3 Å². The maximum absolute atomic E-state index is 12.2. The van der Waals surface area contributed by atoms with Gasteiger partial charge in [-0.3, -0.25) is 9.59 Å². The van der Waals surface area contributed by atoms with Gasteiger partial charge in [-0.25, -0.2) is 9.59 Å². The predicted octanol–water partition coefficient (Wildman–Crippen LogP) is 3.91. The van der Waals surface area contributed by atoms with Gasteiger partial charge in [-0.2, -0.15) is 0 Å². The van der Waals surface area contributed by atoms with E-state index < -0.39 is 18.0 Å². The van der Waals surface area contributed by atoms with Crippen LogP contribution in [0.15, 0.2) is 84.9 Å². The van der Waals surface area contributed by atoms with E-state index >= 15 is 0 Å². The summed E-state index contributed by atoms with van der Waals surface area (Å²) in [4.78, 5) is 47.7. The number of hydrogen-bond donors (Lipinski definition) is 2. The molecule has 0 unspecified atom stereocenters. The lowest BCUT2D eigenvalue weighted by Gasteiger charge is -2.09. The van der Waals surface area contributed by atoms with Crippen LogP contribution in [0.25, 0.3) is 0 Å². The molecule has 9 heteroatoms. The lowest BCUT2D eigenvalue weighted by atomic mass is 10.1. The number of amides is 2. The Morgan fingerprint density at radius 2 is 1.16 bits per heavy atom. The van der Waals surface area contributed by atoms with Crippen molar-refractivity contribution >= 4 is 23.9 Å². The average molecular weight is 519 g/mol. The molecule has 3 rings (SSSR count). The first-order chi connectivity index (χ1) is 18.5. The molecule has 0 heterocycles. The molecule has 0 saturated carbocycles. The van der Waals surface area contributed by atoms with Gasteiger partial charge in [0.15, 0.2) is 0 Å². The zero-order chi connectivity index (χ0) is 27.0. The second kappa shape index (κ2) is 15.5. The summed E-state index contributed by atoms with van der Waals surface area (Å²) in [7, 11) is 0. The summed E-state index contributed by atoms with van der Waals surface area (Å²) in [6, 6.07) is 25.2. The zero-order valence-corrected chi connectivity index (χ0v) is 20.9. The Kier molecular flexibility index (Phi) is 11.4. The Balaban J connectivity index is 1.23. The number of benzene rings is 3. The number of hydrogen-bond acceptors (Lipinski definition) is 7. The topological polar surface area (TPSA) is 120 Å². The molecule has 0 aliphatic carbocycles. The maximum Gasteiger partial charge on any atom is 0.407 e. The van der Waals surface area contributed by atoms with Crippen LogP contribution < -0.4 is 10.6 Å². The zero-order valence-electron chi connectivity index (χ0n) is 20.9. The fraction of sp³-hybridized carbons (Fsp3) is 0.241. The van der Waals surface area contributed by atoms with E-state index in [-0.39, 0.29) is 45.2 Å². The van der Waals surface area contributed by atoms with Gasteiger partial charge in [-0.05, 0) is 35.2 Å². The molecule has 198 valence electrons. The molecular weight excluding hydrogens is 488 g/mol. The highest BCUT2D eigenvalue weighted by atomic mass is 16.5. The summed E-state index contributed by atoms with van der Waals surface area (Å²) < 4.78 is 15.5. The van der Waals surface area contributed by atoms with Crippen LogP contribution in [-0.4, -0.2) is 37.0 Å². The Hall–Kier alpha value is -4.66. The number of alkyl carbamates (subject to hydrolysis) is 1. The minimum absolute atomic E-state index is 0.0246. The van der Waals surface area contributed by atoms with E-state index in [0.29, 0.717) is 17.5 Å². The molecule has 0 aliphatic rings. The highest BCUT2D eigenvalue weighted by Crippen LogP contribution is 2.09. The molecule has 0 bridgehead atoms. The van der Waals surface area contributed by atoms with Crippen LogP contribution >= 0.6 is 0 Å². The van der Waals surface area contributed by atoms with Crippen molar-refractivity contribution in [2.75, 3.05) is 13.1 Å². The predicted molar refractivity (Wildman–Crippen MR) is 139 cm³/mol. The van der Waals surface area contributed by atoms with Gasteiger partial charge in [-0.15, -0.1) is 0 Å². The Bertz CT molecular complexity index is 1180. The molecule has 3 aromatic carbocycles. The summed E-state index contributed by atoms with van der Waals surface area (Å²) in [5, 5.41) is 5.06. The highest BCUT2D eigenvalue weighted by Gasteiger charge is 2.10. The third kappa shape index (κ3) is 10.5. The lowest BCUT2D eigenvalue weighted by Crippen LogP contribution is -2.31. The molecule has 2 N–H and O–H groups in total. The summed E-state index contributed by atoms with van der Waals surface area (Å²) in [5.41, 5.74) is 2.87. The molecule has 0 aliphatic heterocycles. The third-order valence-corrected chi connectivity index (χ3v) is 5.29. The number of esters is 2. The first-order valence-electron chi connectivity index (χ1n) is 12.2. The molecule has 0 saturated heterocycles. The van der Waals surface area contributed by atoms with Gasteiger partial charge in [0.25, 0.3) is 0 Å². The second-order valence-electron chi connectivity index (χ2n) is 8.29. The standard InChI is InChI=1S/C29H30N2O7/c32-26(31-18-27(33)36-19-22-8-3-1-4-9-22)12-7-17-30-29(35)38-21-24-13-15-25(16-14-24)28(34)37-20-23-10-5-2-6-11-23/h1-6,8-11,13-16H,7,12,17-21H2,(H,30,35)(H,31,32). The smallest absolute Gasteiger partial charge is 0.407 e. The summed E-state index contributed by atoms with van der Waals surface area (Å²) >= 11 is 0. The van der Waals surface area contributed by atoms with Crippen molar-refractivity contribution < 1.29 is 33.4 Å². The molecule has 0 spiro atoms. The van der Waals surface area contributed by atoms with Gasteiger partial charge in [0.05, 0.1) is 5.56 Å². The van der Waals surface area contributed by atoms with Crippen molar-refractivity contribution in [2.45, 2.75) is 32.7 Å². The minimum Gasteiger partial charge on any atom is -0.460 e. The van der Waals surface area contributed by atoms with Gasteiger partial charge in [-0.1, -0.05) is 72.8 Å². The van der Waals surface area contributed by atoms with Crippen molar-refractivity contribution in [2.24, 2.45) is 0 Å². The molecule has 0 atom stereocenters. The van der Waals surface area contributed by atoms with Crippen molar-refractivity contribution in [1.29, 1.82) is 0 Å². The van der Waals surface area contributed by atoms with Crippen LogP contribution in [0.1, 0.15) is 39.9 Å². The Morgan fingerprint density at radius 1 is 0.605 bits per heavy atom. The molecule has 0 fully saturated rings. The van der Waals surface area contributed by atoms with Crippen molar-refractivity contribution in [3.63, 3.8) is 0 Å². The van der Waals surface area contributed by atoms with Crippen LogP contribution in [0.4, 0.5) is 4.79 Å². The van der Waals surface area contributed by atoms with E-state index in [1.165, 1.54) is 0 Å². The molecule has 0 aromatic heterocycles. The lowest BCUT2D eigenvalue weighted by molar-refractivity contribution is -0.145. The van der Waals surface area contributed by atoms with Gasteiger partial charge < -0.3 is 24.8 Å². The number of nitrogens with one attached hydrogen (secondary N) is 2. The van der Waals surface area contributed by atoms with Gasteiger partial charge >= 0.3 is 18.0 Å². The van der Waals surface area contributed by atoms with E-state index in [9.17, 15) is 19.2 Å². The molecule has 38 heavy (non-hydrogen) atoms. The Labute approximate surface area is 221 Å². The quantitative estimate of drug-likeness (QED) is 0.200. The van der Waals surface area contributed by atoms with Crippen LogP contribution in [0.2, 0.25) is 0 Å². The van der Waals surface area contributed by atoms with Gasteiger partial charge in [0.2, 0.25) is 5.91 Å². The number of carbonyl (C=O) groups excluding carboxylic acids is 4. The summed E-state index contributed by atoms with van der Waals surface area (Å²) in [5.74, 6) is -1.28. The minimum atomic E-state index is -0.624. The van der Waals surface area contributed by atoms with Crippen molar-refractivity contribution in [3.8, 4) is 0 Å². The molecular formula is C29H30N2O7. The van der Waals surface area contributed by atoms with E-state index in [0.717, 1.165) is 11.1 Å². The van der Waals surface area contributed by atoms with Crippen molar-refractivity contribution in [1.82, 2.24) is 10.6 Å². The normalized spacial score (nSPS) is 10.2. The van der Waals surface area contributed by atoms with Crippen LogP contribution in [-0.2, 0) is 43.6 Å². The van der Waals surface area contributed by atoms with Crippen LogP contribution in [0.3, 0.4) is 0 Å². The monoisotopic (exact) mass is 518 g/mol. The fourth-order valence-electron chi connectivity index (χ4n) is 3.23. The number of rotatable bonds is 13. The molecule has 0 radical (unpaired) electrons. The number of ether oxygens (including phenoxy) is 3. The van der Waals surface area contributed by atoms with Crippen LogP contribution in [0, 0.1) is 0 Å². The fourth-order valence-corrected chi connectivity index (χ4v) is 3.23. The first kappa shape index (κ1) is 27.9. The highest BCUT2D eigenvalue weighted by molar-refractivity contribution is 5.89. The van der Waals surface area contributed by atoms with Gasteiger partial charge in [0.1, 0.15) is 26.4 Å². The largest absolute Gasteiger partial charge is 0.460 e. The second-order valence-corrected chi connectivity index (χ2v) is 8.29. The van der Waals surface area contributed by atoms with E-state index in [1.807, 2.05) is 60.7 Å². The molecule has 2 amide bonds. The Morgan fingerprint density at radius 3 is 1.79 bits per heavy atom. The van der Waals surface area contributed by atoms with Crippen LogP contribution in [0.5, 0.6) is 0 Å². The average Bonchev–Trinajstić information content (AvgIpc) is 2.96. The van der Waals surface area contributed by atoms with E-state index in [2.05, 4.69) is 10.6 Å². The first-order valence-corrected chi connectivity index (χ1v) is 12.2. The van der Waals surface area contributed by atoms with Gasteiger partial charge in [0, 0.05) is 13.0 Å². The third-order valence-electron chi connectivity index (χ3n) is 5.29. The number of carbonyl (C=O) groups is 4. The molecule has 3 aromatic rings. The SMILES string of the molecule is O=C(CCCNC(=O)OCc1ccc(C(=O)OCc2ccccc2)cc1)NCC(=O)OCc1ccccc1. The summed E-state index contributed by atoms with van der Waals surface area (Å²) in [6.07, 6.45) is -0.116. The summed E-state index contributed by atoms with van der Waals surface area (Å²) in [6.45, 7) is 0.374. The van der Waals surface area contributed by atoms with E-state index in [4.69, 9.17) is 14.2 Å². The van der Waals surface area contributed by atoms with Crippen molar-refractivity contribution in [3.05, 3.63) is 107 Å². The maximum atomic E-state index is 12.2.